The molecule has 0 aromatic heterocycles. The van der Waals surface area contributed by atoms with E-state index < -0.39 is 6.10 Å². The van der Waals surface area contributed by atoms with Gasteiger partial charge in [0.05, 0.1) is 18.4 Å². The Balaban J connectivity index is 2.16. The minimum absolute atomic E-state index is 0.433. The molecule has 0 aliphatic carbocycles. The van der Waals surface area contributed by atoms with Gasteiger partial charge < -0.3 is 10.0 Å². The summed E-state index contributed by atoms with van der Waals surface area (Å²) in [6, 6.07) is 18.4. The summed E-state index contributed by atoms with van der Waals surface area (Å²) in [5.41, 5.74) is 4.26. The molecule has 3 rings (SSSR count). The average Bonchev–Trinajstić information content (AvgIpc) is 2.47. The Labute approximate surface area is 119 Å². The molecule has 1 N–H and O–H groups in total. The molecule has 3 nitrogen and oxygen atoms in total. The number of aliphatic hydroxyl groups excluding tert-OH is 1. The SMILES string of the molecule is CN1CC(O)CN=C(c2ccccc2)c2ccccc21. The first-order chi connectivity index (χ1) is 9.75. The summed E-state index contributed by atoms with van der Waals surface area (Å²) in [7, 11) is 2.01. The van der Waals surface area contributed by atoms with Gasteiger partial charge in [-0.3, -0.25) is 4.99 Å². The predicted molar refractivity (Wildman–Crippen MR) is 82.7 cm³/mol. The number of nitrogens with zero attached hydrogens (tertiary/aromatic N) is 2. The van der Waals surface area contributed by atoms with E-state index in [-0.39, 0.29) is 0 Å². The number of para-hydroxylation sites is 1. The van der Waals surface area contributed by atoms with Gasteiger partial charge in [0.2, 0.25) is 0 Å². The number of likely N-dealkylation sites (N-methyl/N-ethyl adjacent to an activating group) is 1. The number of aliphatic hydroxyl groups is 1. The number of anilines is 1. The molecular formula is C17H18N2O. The van der Waals surface area contributed by atoms with Crippen molar-refractivity contribution >= 4 is 11.4 Å². The summed E-state index contributed by atoms with van der Waals surface area (Å²) in [6.07, 6.45) is -0.438. The molecule has 0 spiro atoms. The second kappa shape index (κ2) is 5.47. The highest BCUT2D eigenvalue weighted by atomic mass is 16.3. The molecule has 1 unspecified atom stereocenters. The number of fused-ring (bicyclic) bond motifs is 1. The van der Waals surface area contributed by atoms with Gasteiger partial charge in [-0.1, -0.05) is 48.5 Å². The van der Waals surface area contributed by atoms with Crippen LogP contribution in [0.4, 0.5) is 5.69 Å². The van der Waals surface area contributed by atoms with Crippen LogP contribution in [-0.2, 0) is 0 Å². The first-order valence-corrected chi connectivity index (χ1v) is 6.84. The molecular weight excluding hydrogens is 248 g/mol. The summed E-state index contributed by atoms with van der Waals surface area (Å²) in [5, 5.41) is 10.0. The molecule has 20 heavy (non-hydrogen) atoms. The molecule has 0 bridgehead atoms. The lowest BCUT2D eigenvalue weighted by molar-refractivity contribution is 0.190. The van der Waals surface area contributed by atoms with E-state index in [9.17, 15) is 5.11 Å². The van der Waals surface area contributed by atoms with E-state index in [2.05, 4.69) is 34.2 Å². The first kappa shape index (κ1) is 12.9. The highest BCUT2D eigenvalue weighted by Gasteiger charge is 2.19. The maximum atomic E-state index is 10.0. The van der Waals surface area contributed by atoms with Crippen LogP contribution in [0.15, 0.2) is 59.6 Å². The predicted octanol–water partition coefficient (Wildman–Crippen LogP) is 2.33. The molecule has 0 amide bonds. The molecule has 1 aliphatic rings. The average molecular weight is 266 g/mol. The monoisotopic (exact) mass is 266 g/mol. The smallest absolute Gasteiger partial charge is 0.0909 e. The lowest BCUT2D eigenvalue weighted by atomic mass is 9.99. The van der Waals surface area contributed by atoms with Crippen LogP contribution in [0.2, 0.25) is 0 Å². The minimum atomic E-state index is -0.438. The molecule has 3 heteroatoms. The van der Waals surface area contributed by atoms with Gasteiger partial charge in [-0.15, -0.1) is 0 Å². The molecule has 0 radical (unpaired) electrons. The molecule has 0 saturated carbocycles. The summed E-state index contributed by atoms with van der Waals surface area (Å²) in [5.74, 6) is 0. The highest BCUT2D eigenvalue weighted by Crippen LogP contribution is 2.24. The second-order valence-corrected chi connectivity index (χ2v) is 5.11. The fourth-order valence-electron chi connectivity index (χ4n) is 2.60. The maximum absolute atomic E-state index is 10.0. The Kier molecular flexibility index (Phi) is 3.52. The van der Waals surface area contributed by atoms with Gasteiger partial charge in [-0.05, 0) is 6.07 Å². The zero-order valence-electron chi connectivity index (χ0n) is 11.5. The van der Waals surface area contributed by atoms with E-state index in [1.54, 1.807) is 0 Å². The minimum Gasteiger partial charge on any atom is -0.389 e. The van der Waals surface area contributed by atoms with Gasteiger partial charge in [0, 0.05) is 30.4 Å². The number of hydrogen-bond acceptors (Lipinski definition) is 3. The number of benzene rings is 2. The van der Waals surface area contributed by atoms with Gasteiger partial charge >= 0.3 is 0 Å². The molecule has 1 aliphatic heterocycles. The van der Waals surface area contributed by atoms with Crippen molar-refractivity contribution in [2.24, 2.45) is 4.99 Å². The third-order valence-corrected chi connectivity index (χ3v) is 3.56. The van der Waals surface area contributed by atoms with E-state index in [4.69, 9.17) is 0 Å². The molecule has 0 saturated heterocycles. The van der Waals surface area contributed by atoms with Crippen LogP contribution < -0.4 is 4.90 Å². The number of rotatable bonds is 1. The maximum Gasteiger partial charge on any atom is 0.0909 e. The normalized spacial score (nSPS) is 18.8. The van der Waals surface area contributed by atoms with Crippen molar-refractivity contribution in [1.82, 2.24) is 0 Å². The standard InChI is InChI=1S/C17H18N2O/c1-19-12-14(20)11-18-17(13-7-3-2-4-8-13)15-9-5-6-10-16(15)19/h2-10,14,20H,11-12H2,1H3. The van der Waals surface area contributed by atoms with E-state index >= 15 is 0 Å². The largest absolute Gasteiger partial charge is 0.389 e. The van der Waals surface area contributed by atoms with E-state index in [0.29, 0.717) is 13.1 Å². The zero-order chi connectivity index (χ0) is 13.9. The van der Waals surface area contributed by atoms with E-state index in [1.165, 1.54) is 0 Å². The molecule has 102 valence electrons. The Morgan fingerprint density at radius 1 is 1.05 bits per heavy atom. The van der Waals surface area contributed by atoms with Crippen LogP contribution in [0, 0.1) is 0 Å². The fraction of sp³-hybridized carbons (Fsp3) is 0.235. The summed E-state index contributed by atoms with van der Waals surface area (Å²) >= 11 is 0. The third kappa shape index (κ3) is 2.45. The molecule has 1 atom stereocenters. The molecule has 2 aromatic carbocycles. The van der Waals surface area contributed by atoms with Gasteiger partial charge in [0.25, 0.3) is 0 Å². The Hall–Kier alpha value is -2.13. The highest BCUT2D eigenvalue weighted by molar-refractivity contribution is 6.16. The van der Waals surface area contributed by atoms with Crippen molar-refractivity contribution in [3.8, 4) is 0 Å². The van der Waals surface area contributed by atoms with Gasteiger partial charge in [0.1, 0.15) is 0 Å². The van der Waals surface area contributed by atoms with Crippen LogP contribution in [0.1, 0.15) is 11.1 Å². The van der Waals surface area contributed by atoms with Crippen LogP contribution in [0.25, 0.3) is 0 Å². The zero-order valence-corrected chi connectivity index (χ0v) is 11.5. The van der Waals surface area contributed by atoms with Crippen LogP contribution >= 0.6 is 0 Å². The lowest BCUT2D eigenvalue weighted by Crippen LogP contribution is -2.34. The van der Waals surface area contributed by atoms with Crippen LogP contribution in [0.3, 0.4) is 0 Å². The summed E-state index contributed by atoms with van der Waals surface area (Å²) in [6.45, 7) is 1.03. The van der Waals surface area contributed by atoms with Crippen LogP contribution in [-0.4, -0.2) is 37.1 Å². The Morgan fingerprint density at radius 3 is 2.55 bits per heavy atom. The Morgan fingerprint density at radius 2 is 1.75 bits per heavy atom. The number of hydrogen-bond donors (Lipinski definition) is 1. The van der Waals surface area contributed by atoms with Gasteiger partial charge in [0.15, 0.2) is 0 Å². The number of aliphatic imine (C=N–C) groups is 1. The first-order valence-electron chi connectivity index (χ1n) is 6.84. The van der Waals surface area contributed by atoms with Gasteiger partial charge in [-0.25, -0.2) is 0 Å². The Bertz CT molecular complexity index is 622. The third-order valence-electron chi connectivity index (χ3n) is 3.56. The van der Waals surface area contributed by atoms with Crippen molar-refractivity contribution in [2.75, 3.05) is 25.0 Å². The van der Waals surface area contributed by atoms with E-state index in [1.807, 2.05) is 37.4 Å². The summed E-state index contributed by atoms with van der Waals surface area (Å²) in [4.78, 5) is 6.75. The topological polar surface area (TPSA) is 35.8 Å². The second-order valence-electron chi connectivity index (χ2n) is 5.11. The molecule has 0 fully saturated rings. The summed E-state index contributed by atoms with van der Waals surface area (Å²) < 4.78 is 0. The van der Waals surface area contributed by atoms with Crippen molar-refractivity contribution < 1.29 is 5.11 Å². The van der Waals surface area contributed by atoms with Crippen molar-refractivity contribution in [3.05, 3.63) is 65.7 Å². The lowest BCUT2D eigenvalue weighted by Gasteiger charge is -2.27. The van der Waals surface area contributed by atoms with Crippen molar-refractivity contribution in [3.63, 3.8) is 0 Å². The van der Waals surface area contributed by atoms with Crippen molar-refractivity contribution in [2.45, 2.75) is 6.10 Å². The molecule has 1 heterocycles. The number of β-amino-alcohol motifs (C(OH)–C–C–N with tert-alkyl or cyclic N) is 1. The van der Waals surface area contributed by atoms with Crippen LogP contribution in [0.5, 0.6) is 0 Å². The van der Waals surface area contributed by atoms with Crippen molar-refractivity contribution in [1.29, 1.82) is 0 Å². The van der Waals surface area contributed by atoms with Gasteiger partial charge in [-0.2, -0.15) is 0 Å². The fourth-order valence-corrected chi connectivity index (χ4v) is 2.60. The van der Waals surface area contributed by atoms with E-state index in [0.717, 1.165) is 22.5 Å². The molecule has 2 aromatic rings. The quantitative estimate of drug-likeness (QED) is 0.860.